The molecule has 0 radical (unpaired) electrons. The zero-order valence-corrected chi connectivity index (χ0v) is 14.1. The normalized spacial score (nSPS) is 22.9. The van der Waals surface area contributed by atoms with Crippen LogP contribution in [0.2, 0.25) is 0 Å². The van der Waals surface area contributed by atoms with Gasteiger partial charge in [0.05, 0.1) is 11.3 Å². The molecule has 0 N–H and O–H groups in total. The first kappa shape index (κ1) is 17.0. The molecule has 2 fully saturated rings. The van der Waals surface area contributed by atoms with Gasteiger partial charge in [-0.3, -0.25) is 9.69 Å². The largest absolute Gasteiger partial charge is 0.416 e. The Labute approximate surface area is 151 Å². The van der Waals surface area contributed by atoms with E-state index in [-0.39, 0.29) is 5.91 Å². The van der Waals surface area contributed by atoms with Crippen LogP contribution in [0.1, 0.15) is 16.5 Å². The summed E-state index contributed by atoms with van der Waals surface area (Å²) in [5.41, 5.74) is 0.324. The Morgan fingerprint density at radius 1 is 0.962 bits per heavy atom. The molecule has 0 aromatic heterocycles. The summed E-state index contributed by atoms with van der Waals surface area (Å²) in [4.78, 5) is 28.1. The van der Waals surface area contributed by atoms with Gasteiger partial charge in [-0.05, 0) is 29.8 Å². The van der Waals surface area contributed by atoms with E-state index in [1.807, 2.05) is 0 Å². The molecule has 3 amide bonds. The van der Waals surface area contributed by atoms with Gasteiger partial charge >= 0.3 is 12.2 Å². The molecule has 4 rings (SSSR count). The zero-order chi connectivity index (χ0) is 18.5. The van der Waals surface area contributed by atoms with Gasteiger partial charge in [0.1, 0.15) is 11.4 Å². The van der Waals surface area contributed by atoms with Crippen molar-refractivity contribution in [2.75, 3.05) is 10.7 Å². The molecule has 0 spiro atoms. The maximum atomic E-state index is 12.8. The first-order chi connectivity index (χ1) is 12.4. The van der Waals surface area contributed by atoms with E-state index in [0.717, 1.165) is 17.0 Å². The highest BCUT2D eigenvalue weighted by molar-refractivity contribution is 7.99. The first-order valence-corrected chi connectivity index (χ1v) is 8.93. The second kappa shape index (κ2) is 6.05. The van der Waals surface area contributed by atoms with E-state index in [4.69, 9.17) is 0 Å². The molecule has 0 saturated carbocycles. The summed E-state index contributed by atoms with van der Waals surface area (Å²) in [5, 5.41) is -0.479. The number of carbonyl (C=O) groups excluding carboxylic acids is 2. The van der Waals surface area contributed by atoms with Crippen LogP contribution in [-0.4, -0.2) is 28.6 Å². The van der Waals surface area contributed by atoms with Gasteiger partial charge in [0, 0.05) is 5.75 Å². The van der Waals surface area contributed by atoms with Crippen molar-refractivity contribution in [1.82, 2.24) is 4.90 Å². The summed E-state index contributed by atoms with van der Waals surface area (Å²) in [6, 6.07) is 12.3. The average Bonchev–Trinajstić information content (AvgIpc) is 3.16. The van der Waals surface area contributed by atoms with Crippen molar-refractivity contribution in [1.29, 1.82) is 0 Å². The van der Waals surface area contributed by atoms with Crippen LogP contribution >= 0.6 is 11.8 Å². The van der Waals surface area contributed by atoms with E-state index in [1.165, 1.54) is 28.8 Å². The molecular weight excluding hydrogens is 365 g/mol. The van der Waals surface area contributed by atoms with Crippen LogP contribution in [0.5, 0.6) is 0 Å². The molecule has 2 saturated heterocycles. The summed E-state index contributed by atoms with van der Waals surface area (Å²) in [6.07, 6.45) is -4.41. The van der Waals surface area contributed by atoms with E-state index in [2.05, 4.69) is 0 Å². The summed E-state index contributed by atoms with van der Waals surface area (Å²) in [6.45, 7) is 0. The molecule has 2 heterocycles. The van der Waals surface area contributed by atoms with Gasteiger partial charge in [-0.25, -0.2) is 9.69 Å². The van der Waals surface area contributed by atoms with Crippen molar-refractivity contribution in [3.63, 3.8) is 0 Å². The van der Waals surface area contributed by atoms with Gasteiger partial charge in [-0.1, -0.05) is 30.3 Å². The molecule has 0 bridgehead atoms. The fourth-order valence-corrected chi connectivity index (χ4v) is 4.61. The highest BCUT2D eigenvalue weighted by atomic mass is 32.2. The molecule has 0 aliphatic carbocycles. The lowest BCUT2D eigenvalue weighted by Gasteiger charge is -2.23. The van der Waals surface area contributed by atoms with Gasteiger partial charge in [0.15, 0.2) is 0 Å². The summed E-state index contributed by atoms with van der Waals surface area (Å²) in [7, 11) is 0. The average molecular weight is 378 g/mol. The van der Waals surface area contributed by atoms with Crippen LogP contribution in [0.15, 0.2) is 54.6 Å². The molecule has 2 aromatic rings. The van der Waals surface area contributed by atoms with Crippen molar-refractivity contribution in [3.8, 4) is 0 Å². The third-order valence-electron chi connectivity index (χ3n) is 4.46. The highest BCUT2D eigenvalue weighted by Gasteiger charge is 2.53. The van der Waals surface area contributed by atoms with E-state index in [0.29, 0.717) is 17.0 Å². The van der Waals surface area contributed by atoms with Gasteiger partial charge < -0.3 is 0 Å². The minimum atomic E-state index is -4.41. The molecule has 2 aliphatic heterocycles. The van der Waals surface area contributed by atoms with Crippen molar-refractivity contribution in [2.24, 2.45) is 0 Å². The number of para-hydroxylation sites is 1. The second-order valence-electron chi connectivity index (χ2n) is 6.02. The lowest BCUT2D eigenvalue weighted by molar-refractivity contribution is -0.137. The third kappa shape index (κ3) is 2.65. The second-order valence-corrected chi connectivity index (χ2v) is 7.13. The summed E-state index contributed by atoms with van der Waals surface area (Å²) >= 11 is 1.38. The van der Waals surface area contributed by atoms with Gasteiger partial charge in [0.25, 0.3) is 5.91 Å². The number of anilines is 1. The van der Waals surface area contributed by atoms with Crippen LogP contribution in [0, 0.1) is 0 Å². The van der Waals surface area contributed by atoms with Crippen LogP contribution in [0.3, 0.4) is 0 Å². The minimum Gasteiger partial charge on any atom is -0.295 e. The number of nitrogens with zero attached hydrogens (tertiary/aromatic N) is 2. The number of thioether (sulfide) groups is 1. The Morgan fingerprint density at radius 3 is 2.23 bits per heavy atom. The number of carbonyl (C=O) groups is 2. The number of urea groups is 1. The number of halogens is 3. The molecule has 4 nitrogen and oxygen atoms in total. The maximum Gasteiger partial charge on any atom is 0.416 e. The predicted molar refractivity (Wildman–Crippen MR) is 91.6 cm³/mol. The highest BCUT2D eigenvalue weighted by Crippen LogP contribution is 2.46. The number of alkyl halides is 3. The van der Waals surface area contributed by atoms with E-state index in [9.17, 15) is 22.8 Å². The summed E-state index contributed by atoms with van der Waals surface area (Å²) in [5.74, 6) is 0.114. The van der Waals surface area contributed by atoms with Crippen molar-refractivity contribution < 1.29 is 22.8 Å². The molecule has 134 valence electrons. The molecule has 2 aromatic carbocycles. The molecule has 1 unspecified atom stereocenters. The van der Waals surface area contributed by atoms with E-state index in [1.54, 1.807) is 30.3 Å². The molecular formula is C18H13F3N2O2S. The molecule has 8 heteroatoms. The molecule has 26 heavy (non-hydrogen) atoms. The smallest absolute Gasteiger partial charge is 0.295 e. The van der Waals surface area contributed by atoms with Crippen LogP contribution in [0.4, 0.5) is 23.7 Å². The molecule has 2 aliphatic rings. The number of rotatable bonds is 2. The number of fused-ring (bicyclic) bond motifs is 1. The summed E-state index contributed by atoms with van der Waals surface area (Å²) < 4.78 is 38.2. The SMILES string of the molecule is O=C1[C@@H]2CSC(c3ccc(C(F)(F)F)cc3)N2C(=O)N1c1ccccc1. The monoisotopic (exact) mass is 378 g/mol. The Kier molecular flexibility index (Phi) is 3.95. The topological polar surface area (TPSA) is 40.6 Å². The Morgan fingerprint density at radius 2 is 1.62 bits per heavy atom. The van der Waals surface area contributed by atoms with Crippen molar-refractivity contribution in [2.45, 2.75) is 17.6 Å². The van der Waals surface area contributed by atoms with Crippen molar-refractivity contribution in [3.05, 3.63) is 65.7 Å². The zero-order valence-electron chi connectivity index (χ0n) is 13.3. The van der Waals surface area contributed by atoms with E-state index >= 15 is 0 Å². The van der Waals surface area contributed by atoms with Crippen LogP contribution in [0.25, 0.3) is 0 Å². The molecule has 2 atom stereocenters. The van der Waals surface area contributed by atoms with E-state index < -0.39 is 29.2 Å². The predicted octanol–water partition coefficient (Wildman–Crippen LogP) is 4.29. The minimum absolute atomic E-state index is 0.303. The number of hydrogen-bond donors (Lipinski definition) is 0. The maximum absolute atomic E-state index is 12.8. The quantitative estimate of drug-likeness (QED) is 0.732. The Balaban J connectivity index is 1.63. The number of hydrogen-bond acceptors (Lipinski definition) is 3. The van der Waals surface area contributed by atoms with Gasteiger partial charge in [0.2, 0.25) is 0 Å². The third-order valence-corrected chi connectivity index (χ3v) is 5.78. The van der Waals surface area contributed by atoms with Crippen LogP contribution < -0.4 is 4.90 Å². The standard InChI is InChI=1S/C18H13F3N2O2S/c19-18(20,21)12-8-6-11(7-9-12)16-23-14(10-26-16)15(24)22(17(23)25)13-4-2-1-3-5-13/h1-9,14,16H,10H2/t14-,16?/m0/s1. The van der Waals surface area contributed by atoms with Gasteiger partial charge in [-0.2, -0.15) is 13.2 Å². The Bertz CT molecular complexity index is 855. The fraction of sp³-hybridized carbons (Fsp3) is 0.222. The number of benzene rings is 2. The van der Waals surface area contributed by atoms with Gasteiger partial charge in [-0.15, -0.1) is 11.8 Å². The fourth-order valence-electron chi connectivity index (χ4n) is 3.20. The number of imide groups is 1. The number of amides is 3. The first-order valence-electron chi connectivity index (χ1n) is 7.88. The lowest BCUT2D eigenvalue weighted by Crippen LogP contribution is -2.33. The van der Waals surface area contributed by atoms with Crippen molar-refractivity contribution >= 4 is 29.4 Å². The lowest BCUT2D eigenvalue weighted by atomic mass is 10.1. The Hall–Kier alpha value is -2.48. The van der Waals surface area contributed by atoms with Crippen LogP contribution in [-0.2, 0) is 11.0 Å².